The normalized spacial score (nSPS) is 15.9. The van der Waals surface area contributed by atoms with Gasteiger partial charge in [0.15, 0.2) is 17.2 Å². The molecule has 0 radical (unpaired) electrons. The number of rotatable bonds is 5. The predicted molar refractivity (Wildman–Crippen MR) is 127 cm³/mol. The van der Waals surface area contributed by atoms with Crippen molar-refractivity contribution < 1.29 is 18.3 Å². The molecular formula is C23H23F2N7O2S. The van der Waals surface area contributed by atoms with E-state index in [-0.39, 0.29) is 35.0 Å². The number of H-pyrrole nitrogens is 1. The lowest BCUT2D eigenvalue weighted by atomic mass is 10.1. The smallest absolute Gasteiger partial charge is 0.410 e. The number of benzene rings is 1. The monoisotopic (exact) mass is 499 g/mol. The molecule has 5 rings (SSSR count). The zero-order valence-electron chi connectivity index (χ0n) is 19.4. The number of amides is 1. The Balaban J connectivity index is 1.34. The van der Waals surface area contributed by atoms with Crippen LogP contribution in [0.4, 0.5) is 13.6 Å². The van der Waals surface area contributed by atoms with Crippen LogP contribution < -0.4 is 0 Å². The standard InChI is InChI=1S/C23H23F2N7O2S/c1-12-22(35-18(26-12)11-34-23(33)32-8-7-13(10-32)31(2)3)17-6-4-5-16(27-17)14-9-15(24)20-21(19(14)25)29-30-28-20/h4-6,9,13H,7-8,10-11H2,1-3H3,(H,28,29,30). The van der Waals surface area contributed by atoms with Gasteiger partial charge < -0.3 is 14.5 Å². The summed E-state index contributed by atoms with van der Waals surface area (Å²) in [4.78, 5) is 26.1. The maximum Gasteiger partial charge on any atom is 0.410 e. The second-order valence-corrected chi connectivity index (χ2v) is 9.68. The molecule has 1 amide bonds. The number of aryl methyl sites for hydroxylation is 1. The Morgan fingerprint density at radius 1 is 1.29 bits per heavy atom. The van der Waals surface area contributed by atoms with Crippen LogP contribution in [0.5, 0.6) is 0 Å². The fourth-order valence-electron chi connectivity index (χ4n) is 4.13. The van der Waals surface area contributed by atoms with Crippen LogP contribution in [-0.2, 0) is 11.3 Å². The van der Waals surface area contributed by atoms with Crippen LogP contribution in [0.2, 0.25) is 0 Å². The van der Waals surface area contributed by atoms with Crippen molar-refractivity contribution in [2.75, 3.05) is 27.2 Å². The number of aromatic amines is 1. The maximum absolute atomic E-state index is 15.0. The van der Waals surface area contributed by atoms with Crippen molar-refractivity contribution in [1.29, 1.82) is 0 Å². The van der Waals surface area contributed by atoms with Crippen LogP contribution in [0, 0.1) is 18.6 Å². The Bertz CT molecular complexity index is 1400. The molecule has 35 heavy (non-hydrogen) atoms. The van der Waals surface area contributed by atoms with Crippen LogP contribution in [0.1, 0.15) is 17.1 Å². The average molecular weight is 500 g/mol. The highest BCUT2D eigenvalue weighted by Gasteiger charge is 2.28. The number of nitrogens with one attached hydrogen (secondary N) is 1. The number of hydrogen-bond donors (Lipinski definition) is 1. The molecule has 0 saturated carbocycles. The largest absolute Gasteiger partial charge is 0.442 e. The van der Waals surface area contributed by atoms with Crippen molar-refractivity contribution in [2.24, 2.45) is 0 Å². The second-order valence-electron chi connectivity index (χ2n) is 8.59. The number of carbonyl (C=O) groups is 1. The number of likely N-dealkylation sites (tertiary alicyclic amines) is 1. The number of fused-ring (bicyclic) bond motifs is 1. The van der Waals surface area contributed by atoms with E-state index >= 15 is 0 Å². The van der Waals surface area contributed by atoms with Crippen molar-refractivity contribution in [3.05, 3.63) is 46.6 Å². The van der Waals surface area contributed by atoms with Crippen molar-refractivity contribution in [3.8, 4) is 21.8 Å². The highest BCUT2D eigenvalue weighted by molar-refractivity contribution is 7.15. The Labute approximate surface area is 203 Å². The van der Waals surface area contributed by atoms with Gasteiger partial charge in [-0.2, -0.15) is 0 Å². The predicted octanol–water partition coefficient (Wildman–Crippen LogP) is 4.00. The number of carbonyl (C=O) groups excluding carboxylic acids is 1. The van der Waals surface area contributed by atoms with E-state index in [2.05, 4.69) is 30.3 Å². The zero-order valence-corrected chi connectivity index (χ0v) is 20.2. The zero-order chi connectivity index (χ0) is 24.7. The third kappa shape index (κ3) is 4.46. The average Bonchev–Trinajstić information content (AvgIpc) is 3.60. The van der Waals surface area contributed by atoms with Crippen molar-refractivity contribution in [2.45, 2.75) is 26.0 Å². The van der Waals surface area contributed by atoms with Crippen LogP contribution in [0.15, 0.2) is 24.3 Å². The van der Waals surface area contributed by atoms with Crippen molar-refractivity contribution >= 4 is 28.5 Å². The van der Waals surface area contributed by atoms with E-state index in [1.54, 1.807) is 23.1 Å². The summed E-state index contributed by atoms with van der Waals surface area (Å²) in [7, 11) is 4.00. The van der Waals surface area contributed by atoms with Crippen molar-refractivity contribution in [3.63, 3.8) is 0 Å². The first-order valence-electron chi connectivity index (χ1n) is 11.0. The van der Waals surface area contributed by atoms with E-state index in [9.17, 15) is 13.6 Å². The maximum atomic E-state index is 15.0. The fourth-order valence-corrected chi connectivity index (χ4v) is 5.08. The molecule has 3 aromatic heterocycles. The van der Waals surface area contributed by atoms with Gasteiger partial charge >= 0.3 is 6.09 Å². The molecule has 0 aliphatic carbocycles. The summed E-state index contributed by atoms with van der Waals surface area (Å²) >= 11 is 1.35. The first kappa shape index (κ1) is 23.2. The summed E-state index contributed by atoms with van der Waals surface area (Å²) in [6.45, 7) is 3.19. The van der Waals surface area contributed by atoms with E-state index in [0.29, 0.717) is 35.5 Å². The number of likely N-dealkylation sites (N-methyl/N-ethyl adjacent to an activating group) is 1. The number of hydrogen-bond acceptors (Lipinski definition) is 8. The molecule has 182 valence electrons. The van der Waals surface area contributed by atoms with Gasteiger partial charge in [0, 0.05) is 24.7 Å². The molecule has 1 aliphatic heterocycles. The third-order valence-corrected chi connectivity index (χ3v) is 7.22. The summed E-state index contributed by atoms with van der Waals surface area (Å²) < 4.78 is 34.9. The Morgan fingerprint density at radius 2 is 2.09 bits per heavy atom. The van der Waals surface area contributed by atoms with Crippen LogP contribution in [0.25, 0.3) is 32.9 Å². The minimum Gasteiger partial charge on any atom is -0.442 e. The van der Waals surface area contributed by atoms with Gasteiger partial charge in [-0.1, -0.05) is 11.3 Å². The summed E-state index contributed by atoms with van der Waals surface area (Å²) in [5, 5.41) is 10.1. The molecule has 1 fully saturated rings. The van der Waals surface area contributed by atoms with E-state index < -0.39 is 11.6 Å². The van der Waals surface area contributed by atoms with Gasteiger partial charge in [-0.05, 0) is 45.6 Å². The molecule has 1 aromatic carbocycles. The lowest BCUT2D eigenvalue weighted by Gasteiger charge is -2.19. The molecule has 1 atom stereocenters. The van der Waals surface area contributed by atoms with Gasteiger partial charge in [0.25, 0.3) is 0 Å². The van der Waals surface area contributed by atoms with Crippen LogP contribution >= 0.6 is 11.3 Å². The summed E-state index contributed by atoms with van der Waals surface area (Å²) in [5.41, 5.74) is 1.26. The minimum atomic E-state index is -0.690. The molecule has 1 saturated heterocycles. The summed E-state index contributed by atoms with van der Waals surface area (Å²) in [6.07, 6.45) is 0.559. The van der Waals surface area contributed by atoms with E-state index in [1.807, 2.05) is 21.0 Å². The molecule has 4 aromatic rings. The minimum absolute atomic E-state index is 0.000799. The van der Waals surface area contributed by atoms with Gasteiger partial charge in [-0.15, -0.1) is 16.4 Å². The highest BCUT2D eigenvalue weighted by atomic mass is 32.1. The third-order valence-electron chi connectivity index (χ3n) is 6.07. The summed E-state index contributed by atoms with van der Waals surface area (Å²) in [6, 6.07) is 6.50. The highest BCUT2D eigenvalue weighted by Crippen LogP contribution is 2.33. The number of thiazole rings is 1. The van der Waals surface area contributed by atoms with Gasteiger partial charge in [-0.25, -0.2) is 23.5 Å². The van der Waals surface area contributed by atoms with Gasteiger partial charge in [-0.3, -0.25) is 5.10 Å². The molecule has 9 nitrogen and oxygen atoms in total. The quantitative estimate of drug-likeness (QED) is 0.443. The molecule has 1 N–H and O–H groups in total. The molecule has 0 bridgehead atoms. The summed E-state index contributed by atoms with van der Waals surface area (Å²) in [5.74, 6) is -1.37. The van der Waals surface area contributed by atoms with Crippen LogP contribution in [-0.4, -0.2) is 74.5 Å². The SMILES string of the molecule is Cc1nc(COC(=O)N2CCC(N(C)C)C2)sc1-c1cccc(-c2cc(F)c3nn[nH]c3c2F)n1. The van der Waals surface area contributed by atoms with Gasteiger partial charge in [0.05, 0.1) is 22.0 Å². The molecule has 12 heteroatoms. The number of ether oxygens (including phenoxy) is 1. The Morgan fingerprint density at radius 3 is 2.86 bits per heavy atom. The number of halogens is 2. The topological polar surface area (TPSA) is 100 Å². The number of pyridine rings is 1. The first-order chi connectivity index (χ1) is 16.8. The van der Waals surface area contributed by atoms with E-state index in [1.165, 1.54) is 11.3 Å². The molecule has 1 aliphatic rings. The number of aromatic nitrogens is 5. The number of nitrogens with zero attached hydrogens (tertiary/aromatic N) is 6. The van der Waals surface area contributed by atoms with Crippen molar-refractivity contribution in [1.82, 2.24) is 35.2 Å². The Kier molecular flexibility index (Phi) is 6.15. The first-order valence-corrected chi connectivity index (χ1v) is 11.8. The molecular weight excluding hydrogens is 476 g/mol. The molecule has 1 unspecified atom stereocenters. The molecule has 4 heterocycles. The van der Waals surface area contributed by atoms with E-state index in [0.717, 1.165) is 17.4 Å². The second kappa shape index (κ2) is 9.27. The van der Waals surface area contributed by atoms with E-state index in [4.69, 9.17) is 4.74 Å². The molecule has 0 spiro atoms. The lowest BCUT2D eigenvalue weighted by Crippen LogP contribution is -2.34. The lowest BCUT2D eigenvalue weighted by molar-refractivity contribution is 0.102. The fraction of sp³-hybridized carbons (Fsp3) is 0.348. The van der Waals surface area contributed by atoms with Gasteiger partial charge in [0.1, 0.15) is 17.1 Å². The Hall–Kier alpha value is -3.51. The van der Waals surface area contributed by atoms with Crippen LogP contribution in [0.3, 0.4) is 0 Å². The van der Waals surface area contributed by atoms with Gasteiger partial charge in [0.2, 0.25) is 0 Å².